The van der Waals surface area contributed by atoms with Gasteiger partial charge in [-0.25, -0.2) is 9.18 Å². The number of amides is 2. The molecule has 1 saturated carbocycles. The first-order valence-electron chi connectivity index (χ1n) is 10.8. The molecule has 0 saturated heterocycles. The number of fused-ring (bicyclic) bond motifs is 1. The van der Waals surface area contributed by atoms with Crippen molar-refractivity contribution >= 4 is 12.0 Å². The van der Waals surface area contributed by atoms with Crippen molar-refractivity contribution in [3.8, 4) is 0 Å². The number of halogens is 1. The number of nitrogens with one attached hydrogen (secondary N) is 1. The minimum atomic E-state index is -0.549. The fourth-order valence-corrected chi connectivity index (χ4v) is 4.45. The Balaban J connectivity index is 1.47. The third-order valence-electron chi connectivity index (χ3n) is 5.96. The summed E-state index contributed by atoms with van der Waals surface area (Å²) < 4.78 is 18.8. The van der Waals surface area contributed by atoms with Crippen LogP contribution >= 0.6 is 0 Å². The van der Waals surface area contributed by atoms with Crippen LogP contribution in [0.2, 0.25) is 0 Å². The van der Waals surface area contributed by atoms with E-state index >= 15 is 0 Å². The number of nitrogens with zero attached hydrogens (tertiary/aromatic N) is 1. The summed E-state index contributed by atoms with van der Waals surface area (Å²) in [5, 5.41) is 2.85. The minimum absolute atomic E-state index is 0.0508. The minimum Gasteiger partial charge on any atom is -0.444 e. The molecule has 1 aliphatic carbocycles. The molecule has 1 heterocycles. The molecule has 2 amide bonds. The highest BCUT2D eigenvalue weighted by Gasteiger charge is 2.41. The lowest BCUT2D eigenvalue weighted by molar-refractivity contribution is -0.141. The molecule has 6 heteroatoms. The Bertz CT molecular complexity index is 961. The molecule has 0 aromatic heterocycles. The van der Waals surface area contributed by atoms with Crippen molar-refractivity contribution in [3.63, 3.8) is 0 Å². The highest BCUT2D eigenvalue weighted by atomic mass is 19.1. The van der Waals surface area contributed by atoms with Crippen LogP contribution in [-0.2, 0) is 16.0 Å². The summed E-state index contributed by atoms with van der Waals surface area (Å²) in [6.45, 7) is 6.09. The second kappa shape index (κ2) is 8.33. The van der Waals surface area contributed by atoms with Gasteiger partial charge in [0.15, 0.2) is 0 Å². The van der Waals surface area contributed by atoms with Gasteiger partial charge in [0.2, 0.25) is 5.91 Å². The van der Waals surface area contributed by atoms with Crippen molar-refractivity contribution < 1.29 is 18.7 Å². The van der Waals surface area contributed by atoms with E-state index in [1.54, 1.807) is 12.1 Å². The van der Waals surface area contributed by atoms with Gasteiger partial charge in [0.05, 0.1) is 6.04 Å². The number of carbonyl (C=O) groups excluding carboxylic acids is 2. The topological polar surface area (TPSA) is 58.6 Å². The number of hydrogen-bond acceptors (Lipinski definition) is 3. The summed E-state index contributed by atoms with van der Waals surface area (Å²) >= 11 is 0. The SMILES string of the molecule is CC(C)(C)OC(=O)N[C@H]1C[C@@H](C(=O)N2CCc3ccccc3[C@@H]2c2ccc(F)cc2)C1. The molecule has 1 N–H and O–H groups in total. The molecule has 31 heavy (non-hydrogen) atoms. The lowest BCUT2D eigenvalue weighted by atomic mass is 9.78. The van der Waals surface area contributed by atoms with Gasteiger partial charge < -0.3 is 15.0 Å². The number of alkyl carbamates (subject to hydrolysis) is 1. The predicted octanol–water partition coefficient (Wildman–Crippen LogP) is 4.60. The number of hydrogen-bond donors (Lipinski definition) is 1. The standard InChI is InChI=1S/C25H29FN2O3/c1-25(2,3)31-24(30)27-20-14-18(15-20)23(29)28-13-12-16-6-4-5-7-21(16)22(28)17-8-10-19(26)11-9-17/h4-11,18,20,22H,12-15H2,1-3H3,(H,27,30)/t18-,20+,22-/m0/s1. The summed E-state index contributed by atoms with van der Waals surface area (Å²) in [5.41, 5.74) is 2.67. The first-order valence-corrected chi connectivity index (χ1v) is 10.8. The van der Waals surface area contributed by atoms with Gasteiger partial charge in [0.25, 0.3) is 0 Å². The Labute approximate surface area is 182 Å². The van der Waals surface area contributed by atoms with E-state index in [0.717, 1.165) is 17.5 Å². The summed E-state index contributed by atoms with van der Waals surface area (Å²) in [7, 11) is 0. The molecule has 1 fully saturated rings. The van der Waals surface area contributed by atoms with Crippen LogP contribution in [0.15, 0.2) is 48.5 Å². The summed E-state index contributed by atoms with van der Waals surface area (Å²) in [4.78, 5) is 27.3. The van der Waals surface area contributed by atoms with E-state index in [2.05, 4.69) is 17.4 Å². The Morgan fingerprint density at radius 3 is 2.42 bits per heavy atom. The van der Waals surface area contributed by atoms with Crippen molar-refractivity contribution in [1.82, 2.24) is 10.2 Å². The van der Waals surface area contributed by atoms with Crippen molar-refractivity contribution in [2.75, 3.05) is 6.54 Å². The zero-order valence-electron chi connectivity index (χ0n) is 18.2. The molecule has 2 aliphatic rings. The molecule has 5 nitrogen and oxygen atoms in total. The normalized spacial score (nSPS) is 22.8. The first-order chi connectivity index (χ1) is 14.7. The molecule has 2 aromatic rings. The Morgan fingerprint density at radius 2 is 1.74 bits per heavy atom. The third kappa shape index (κ3) is 4.73. The molecule has 1 atom stereocenters. The Hall–Kier alpha value is -2.89. The van der Waals surface area contributed by atoms with E-state index in [9.17, 15) is 14.0 Å². The second-order valence-electron chi connectivity index (χ2n) is 9.45. The molecule has 1 aliphatic heterocycles. The van der Waals surface area contributed by atoms with Crippen molar-refractivity contribution in [1.29, 1.82) is 0 Å². The average Bonchev–Trinajstić information content (AvgIpc) is 2.68. The molecule has 164 valence electrons. The molecular formula is C25H29FN2O3. The van der Waals surface area contributed by atoms with Gasteiger partial charge in [-0.3, -0.25) is 4.79 Å². The zero-order valence-corrected chi connectivity index (χ0v) is 18.2. The zero-order chi connectivity index (χ0) is 22.2. The van der Waals surface area contributed by atoms with E-state index in [1.807, 2.05) is 37.8 Å². The van der Waals surface area contributed by atoms with Crippen LogP contribution in [0.4, 0.5) is 9.18 Å². The quantitative estimate of drug-likeness (QED) is 0.783. The number of benzene rings is 2. The number of carbonyl (C=O) groups is 2. The number of rotatable bonds is 3. The predicted molar refractivity (Wildman–Crippen MR) is 116 cm³/mol. The van der Waals surface area contributed by atoms with Gasteiger partial charge >= 0.3 is 6.09 Å². The smallest absolute Gasteiger partial charge is 0.407 e. The van der Waals surface area contributed by atoms with Gasteiger partial charge in [-0.15, -0.1) is 0 Å². The molecule has 4 rings (SSSR count). The van der Waals surface area contributed by atoms with E-state index in [4.69, 9.17) is 4.74 Å². The summed E-state index contributed by atoms with van der Waals surface area (Å²) in [6.07, 6.45) is 1.56. The van der Waals surface area contributed by atoms with E-state index in [1.165, 1.54) is 17.7 Å². The molecule has 0 radical (unpaired) electrons. The first kappa shape index (κ1) is 21.3. The highest BCUT2D eigenvalue weighted by molar-refractivity contribution is 5.82. The monoisotopic (exact) mass is 424 g/mol. The van der Waals surface area contributed by atoms with Crippen LogP contribution in [0.1, 0.15) is 56.3 Å². The third-order valence-corrected chi connectivity index (χ3v) is 5.96. The van der Waals surface area contributed by atoms with Gasteiger partial charge in [0, 0.05) is 18.5 Å². The largest absolute Gasteiger partial charge is 0.444 e. The van der Waals surface area contributed by atoms with Crippen LogP contribution < -0.4 is 5.32 Å². The fourth-order valence-electron chi connectivity index (χ4n) is 4.45. The van der Waals surface area contributed by atoms with Crippen molar-refractivity contribution in [2.45, 2.75) is 57.7 Å². The van der Waals surface area contributed by atoms with E-state index in [0.29, 0.717) is 19.4 Å². The Morgan fingerprint density at radius 1 is 1.06 bits per heavy atom. The van der Waals surface area contributed by atoms with Gasteiger partial charge in [0.1, 0.15) is 11.4 Å². The molecule has 2 aromatic carbocycles. The maximum absolute atomic E-state index is 13.5. The fraction of sp³-hybridized carbons (Fsp3) is 0.440. The van der Waals surface area contributed by atoms with Crippen molar-refractivity contribution in [3.05, 3.63) is 71.0 Å². The lowest BCUT2D eigenvalue weighted by Crippen LogP contribution is -2.52. The van der Waals surface area contributed by atoms with E-state index in [-0.39, 0.29) is 29.7 Å². The summed E-state index contributed by atoms with van der Waals surface area (Å²) in [5.74, 6) is -0.333. The van der Waals surface area contributed by atoms with Crippen LogP contribution in [0, 0.1) is 11.7 Å². The maximum Gasteiger partial charge on any atom is 0.407 e. The van der Waals surface area contributed by atoms with Crippen LogP contribution in [-0.4, -0.2) is 35.1 Å². The molecule has 0 unspecified atom stereocenters. The van der Waals surface area contributed by atoms with Crippen molar-refractivity contribution in [2.24, 2.45) is 5.92 Å². The van der Waals surface area contributed by atoms with Crippen LogP contribution in [0.5, 0.6) is 0 Å². The summed E-state index contributed by atoms with van der Waals surface area (Å²) in [6, 6.07) is 14.3. The average molecular weight is 425 g/mol. The van der Waals surface area contributed by atoms with Gasteiger partial charge in [-0.2, -0.15) is 0 Å². The number of ether oxygens (including phenoxy) is 1. The highest BCUT2D eigenvalue weighted by Crippen LogP contribution is 2.39. The second-order valence-corrected chi connectivity index (χ2v) is 9.45. The van der Waals surface area contributed by atoms with Gasteiger partial charge in [-0.05, 0) is 68.9 Å². The maximum atomic E-state index is 13.5. The molecular weight excluding hydrogens is 395 g/mol. The Kier molecular flexibility index (Phi) is 5.73. The molecule has 0 bridgehead atoms. The molecule has 0 spiro atoms. The van der Waals surface area contributed by atoms with Crippen LogP contribution in [0.25, 0.3) is 0 Å². The van der Waals surface area contributed by atoms with Crippen LogP contribution in [0.3, 0.4) is 0 Å². The van der Waals surface area contributed by atoms with E-state index < -0.39 is 11.7 Å². The lowest BCUT2D eigenvalue weighted by Gasteiger charge is -2.43. The van der Waals surface area contributed by atoms with Gasteiger partial charge in [-0.1, -0.05) is 36.4 Å².